The number of hydrogen-bond acceptors (Lipinski definition) is 2. The third-order valence-electron chi connectivity index (χ3n) is 8.66. The van der Waals surface area contributed by atoms with E-state index >= 15 is 0 Å². The molecule has 0 aromatic heterocycles. The van der Waals surface area contributed by atoms with Crippen molar-refractivity contribution >= 4 is 0 Å². The van der Waals surface area contributed by atoms with Gasteiger partial charge in [-0.1, -0.05) is 120 Å². The Morgan fingerprint density at radius 2 is 1.17 bits per heavy atom. The van der Waals surface area contributed by atoms with Crippen LogP contribution in [0.5, 0.6) is 0 Å². The van der Waals surface area contributed by atoms with E-state index in [4.69, 9.17) is 9.47 Å². The van der Waals surface area contributed by atoms with Gasteiger partial charge in [-0.05, 0) is 66.2 Å². The Kier molecular flexibility index (Phi) is 11.4. The number of unbranched alkanes of at least 4 members (excludes halogenated alkanes) is 6. The lowest BCUT2D eigenvalue weighted by molar-refractivity contribution is -0.137. The van der Waals surface area contributed by atoms with Crippen molar-refractivity contribution in [2.75, 3.05) is 13.2 Å². The van der Waals surface area contributed by atoms with Crippen LogP contribution in [0.15, 0.2) is 48.5 Å². The summed E-state index contributed by atoms with van der Waals surface area (Å²) in [4.78, 5) is 0. The second kappa shape index (κ2) is 14.9. The molecule has 0 unspecified atom stereocenters. The third kappa shape index (κ3) is 8.18. The number of ether oxygens (including phenoxy) is 2. The molecule has 0 radical (unpaired) electrons. The maximum absolute atomic E-state index is 6.18. The fraction of sp³-hybridized carbons (Fsp3) is 0.647. The molecule has 0 spiro atoms. The molecule has 1 aliphatic heterocycles. The molecule has 36 heavy (non-hydrogen) atoms. The van der Waals surface area contributed by atoms with Gasteiger partial charge in [-0.2, -0.15) is 0 Å². The molecule has 4 rings (SSSR count). The molecule has 0 amide bonds. The first-order valence-corrected chi connectivity index (χ1v) is 15.2. The van der Waals surface area contributed by atoms with E-state index in [0.717, 1.165) is 24.9 Å². The monoisotopic (exact) mass is 490 g/mol. The van der Waals surface area contributed by atoms with E-state index in [2.05, 4.69) is 62.4 Å². The highest BCUT2D eigenvalue weighted by molar-refractivity contribution is 5.64. The highest BCUT2D eigenvalue weighted by Gasteiger charge is 2.24. The lowest BCUT2D eigenvalue weighted by Crippen LogP contribution is -2.31. The Balaban J connectivity index is 1.22. The average molecular weight is 491 g/mol. The summed E-state index contributed by atoms with van der Waals surface area (Å²) in [7, 11) is 0. The molecule has 198 valence electrons. The lowest BCUT2D eigenvalue weighted by Gasteiger charge is -2.30. The van der Waals surface area contributed by atoms with Gasteiger partial charge in [-0.15, -0.1) is 0 Å². The molecule has 2 aromatic rings. The summed E-state index contributed by atoms with van der Waals surface area (Å²) in [5.41, 5.74) is 5.36. The lowest BCUT2D eigenvalue weighted by atomic mass is 9.77. The zero-order valence-electron chi connectivity index (χ0n) is 23.1. The first kappa shape index (κ1) is 27.4. The Morgan fingerprint density at radius 3 is 1.72 bits per heavy atom. The Hall–Kier alpha value is -1.64. The summed E-state index contributed by atoms with van der Waals surface area (Å²) >= 11 is 0. The number of hydrogen-bond donors (Lipinski definition) is 0. The van der Waals surface area contributed by atoms with Crippen molar-refractivity contribution in [3.63, 3.8) is 0 Å². The van der Waals surface area contributed by atoms with E-state index in [1.807, 2.05) is 0 Å². The van der Waals surface area contributed by atoms with Crippen molar-refractivity contribution in [2.24, 2.45) is 5.92 Å². The van der Waals surface area contributed by atoms with Crippen molar-refractivity contribution in [2.45, 2.75) is 122 Å². The fourth-order valence-electron chi connectivity index (χ4n) is 6.18. The molecule has 2 aromatic carbocycles. The normalized spacial score (nSPS) is 24.6. The van der Waals surface area contributed by atoms with Gasteiger partial charge in [-0.25, -0.2) is 0 Å². The molecule has 2 fully saturated rings. The first-order chi connectivity index (χ1) is 17.8. The van der Waals surface area contributed by atoms with Crippen molar-refractivity contribution in [3.05, 3.63) is 59.7 Å². The van der Waals surface area contributed by atoms with E-state index in [9.17, 15) is 0 Å². The Labute approximate surface area is 221 Å². The quantitative estimate of drug-likeness (QED) is 0.260. The second-order valence-corrected chi connectivity index (χ2v) is 11.4. The minimum absolute atomic E-state index is 0.0649. The van der Waals surface area contributed by atoms with E-state index in [1.165, 1.54) is 106 Å². The molecule has 2 heteroatoms. The molecule has 0 N–H and O–H groups in total. The summed E-state index contributed by atoms with van der Waals surface area (Å²) < 4.78 is 12.3. The van der Waals surface area contributed by atoms with Gasteiger partial charge in [0.2, 0.25) is 0 Å². The van der Waals surface area contributed by atoms with Gasteiger partial charge in [-0.3, -0.25) is 0 Å². The van der Waals surface area contributed by atoms with E-state index in [0.29, 0.717) is 6.61 Å². The Bertz CT molecular complexity index is 766. The summed E-state index contributed by atoms with van der Waals surface area (Å²) in [6, 6.07) is 18.3. The van der Waals surface area contributed by atoms with Gasteiger partial charge in [0.25, 0.3) is 0 Å². The van der Waals surface area contributed by atoms with Crippen LogP contribution in [0.4, 0.5) is 0 Å². The molecule has 1 aliphatic carbocycles. The van der Waals surface area contributed by atoms with Gasteiger partial charge >= 0.3 is 0 Å². The van der Waals surface area contributed by atoms with Crippen LogP contribution in [0.3, 0.4) is 0 Å². The molecule has 2 nitrogen and oxygen atoms in total. The van der Waals surface area contributed by atoms with Crippen LogP contribution in [0.25, 0.3) is 11.1 Å². The summed E-state index contributed by atoms with van der Waals surface area (Å²) in [5, 5.41) is 0. The topological polar surface area (TPSA) is 18.5 Å². The number of benzene rings is 2. The van der Waals surface area contributed by atoms with Crippen molar-refractivity contribution in [3.8, 4) is 11.1 Å². The van der Waals surface area contributed by atoms with Gasteiger partial charge in [0.05, 0.1) is 19.3 Å². The molecular weight excluding hydrogens is 440 g/mol. The minimum atomic E-state index is 0.0649. The van der Waals surface area contributed by atoms with Gasteiger partial charge in [0, 0.05) is 0 Å². The second-order valence-electron chi connectivity index (χ2n) is 11.4. The first-order valence-electron chi connectivity index (χ1n) is 15.2. The van der Waals surface area contributed by atoms with Crippen molar-refractivity contribution < 1.29 is 9.47 Å². The largest absolute Gasteiger partial charge is 0.373 e. The Morgan fingerprint density at radius 1 is 0.583 bits per heavy atom. The smallest absolute Gasteiger partial charge is 0.106 e. The molecule has 1 heterocycles. The fourth-order valence-corrected chi connectivity index (χ4v) is 6.18. The number of rotatable bonds is 13. The predicted octanol–water partition coefficient (Wildman–Crippen LogP) is 10.0. The molecule has 1 saturated heterocycles. The predicted molar refractivity (Wildman–Crippen MR) is 153 cm³/mol. The highest BCUT2D eigenvalue weighted by atomic mass is 16.6. The van der Waals surface area contributed by atoms with Gasteiger partial charge in [0.15, 0.2) is 0 Å². The maximum atomic E-state index is 6.18. The zero-order valence-corrected chi connectivity index (χ0v) is 23.1. The average Bonchev–Trinajstić information content (AvgIpc) is 2.94. The highest BCUT2D eigenvalue weighted by Crippen LogP contribution is 2.38. The van der Waals surface area contributed by atoms with Crippen molar-refractivity contribution in [1.29, 1.82) is 0 Å². The van der Waals surface area contributed by atoms with E-state index < -0.39 is 0 Å². The van der Waals surface area contributed by atoms with Crippen LogP contribution < -0.4 is 0 Å². The van der Waals surface area contributed by atoms with Crippen LogP contribution in [-0.4, -0.2) is 19.3 Å². The van der Waals surface area contributed by atoms with Crippen LogP contribution in [0, 0.1) is 5.92 Å². The van der Waals surface area contributed by atoms with Crippen LogP contribution >= 0.6 is 0 Å². The minimum Gasteiger partial charge on any atom is -0.373 e. The van der Waals surface area contributed by atoms with Crippen LogP contribution in [-0.2, 0) is 9.47 Å². The zero-order chi connectivity index (χ0) is 25.0. The summed E-state index contributed by atoms with van der Waals surface area (Å²) in [5.74, 6) is 1.73. The molecule has 2 atom stereocenters. The SMILES string of the molecule is CCCCCCC1CCC(c2ccc(-c3ccc([C@H]4CO[C@H](CCCCCC)CO4)cc3)cc2)CC1. The van der Waals surface area contributed by atoms with Crippen LogP contribution in [0.2, 0.25) is 0 Å². The summed E-state index contributed by atoms with van der Waals surface area (Å²) in [6.07, 6.45) is 19.3. The van der Waals surface area contributed by atoms with Crippen LogP contribution in [0.1, 0.15) is 127 Å². The molecular formula is C34H50O2. The molecule has 0 bridgehead atoms. The maximum Gasteiger partial charge on any atom is 0.106 e. The molecule has 2 aliphatic rings. The van der Waals surface area contributed by atoms with Gasteiger partial charge < -0.3 is 9.47 Å². The third-order valence-corrected chi connectivity index (χ3v) is 8.66. The standard InChI is InChI=1S/C34H50O2/c1-3-5-7-9-11-27-13-15-28(16-14-27)29-17-19-30(20-18-29)31-21-23-32(24-22-31)34-26-35-33(25-36-34)12-10-8-6-4-2/h17-24,27-28,33-34H,3-16,25-26H2,1-2H3/t27?,28?,33-,34-/m1/s1. The molecule has 1 saturated carbocycles. The van der Waals surface area contributed by atoms with Crippen molar-refractivity contribution in [1.82, 2.24) is 0 Å². The van der Waals surface area contributed by atoms with E-state index in [1.54, 1.807) is 0 Å². The summed E-state index contributed by atoms with van der Waals surface area (Å²) in [6.45, 7) is 5.96. The van der Waals surface area contributed by atoms with Gasteiger partial charge in [0.1, 0.15) is 6.10 Å². The van der Waals surface area contributed by atoms with E-state index in [-0.39, 0.29) is 12.2 Å².